The van der Waals surface area contributed by atoms with Gasteiger partial charge in [-0.05, 0) is 31.9 Å². The lowest BCUT2D eigenvalue weighted by molar-refractivity contribution is 0.0818. The van der Waals surface area contributed by atoms with Crippen LogP contribution in [0.4, 0.5) is 11.8 Å². The molecule has 112 valence electrons. The van der Waals surface area contributed by atoms with Gasteiger partial charge in [-0.2, -0.15) is 4.98 Å². The maximum atomic E-state index is 5.45. The van der Waals surface area contributed by atoms with Crippen LogP contribution in [0.5, 0.6) is 0 Å². The van der Waals surface area contributed by atoms with Gasteiger partial charge in [-0.3, -0.25) is 0 Å². The Morgan fingerprint density at radius 2 is 2.00 bits per heavy atom. The van der Waals surface area contributed by atoms with Gasteiger partial charge in [0.05, 0.1) is 11.6 Å². The van der Waals surface area contributed by atoms with Crippen molar-refractivity contribution < 1.29 is 4.74 Å². The molecule has 1 aliphatic rings. The average molecular weight is 286 g/mol. The molecule has 0 radical (unpaired) electrons. The highest BCUT2D eigenvalue weighted by atomic mass is 16.5. The van der Waals surface area contributed by atoms with E-state index < -0.39 is 0 Å². The molecule has 1 aromatic heterocycles. The Balaban J connectivity index is 1.96. The average Bonchev–Trinajstić information content (AvgIpc) is 2.54. The summed E-state index contributed by atoms with van der Waals surface area (Å²) in [5.41, 5.74) is 0.993. The Kier molecular flexibility index (Phi) is 4.20. The van der Waals surface area contributed by atoms with E-state index >= 15 is 0 Å². The molecule has 1 aliphatic heterocycles. The summed E-state index contributed by atoms with van der Waals surface area (Å²) < 4.78 is 5.45. The van der Waals surface area contributed by atoms with Crippen molar-refractivity contribution in [2.45, 2.75) is 25.9 Å². The van der Waals surface area contributed by atoms with Gasteiger partial charge in [0.1, 0.15) is 5.82 Å². The van der Waals surface area contributed by atoms with E-state index in [2.05, 4.69) is 28.2 Å². The number of hydrogen-bond donors (Lipinski definition) is 1. The van der Waals surface area contributed by atoms with Gasteiger partial charge in [0.15, 0.2) is 0 Å². The van der Waals surface area contributed by atoms with Crippen molar-refractivity contribution in [2.75, 3.05) is 37.0 Å². The van der Waals surface area contributed by atoms with Gasteiger partial charge >= 0.3 is 0 Å². The van der Waals surface area contributed by atoms with E-state index in [1.165, 1.54) is 0 Å². The molecule has 0 aliphatic carbocycles. The summed E-state index contributed by atoms with van der Waals surface area (Å²) in [5.74, 6) is 1.74. The molecule has 5 nitrogen and oxygen atoms in total. The molecular weight excluding hydrogens is 264 g/mol. The lowest BCUT2D eigenvalue weighted by Gasteiger charge is -2.32. The van der Waals surface area contributed by atoms with Gasteiger partial charge in [-0.1, -0.05) is 12.1 Å². The largest absolute Gasteiger partial charge is 0.381 e. The molecule has 0 saturated carbocycles. The molecule has 0 bridgehead atoms. The van der Waals surface area contributed by atoms with Crippen LogP contribution in [0.2, 0.25) is 0 Å². The fraction of sp³-hybridized carbons (Fsp3) is 0.500. The predicted octanol–water partition coefficient (Wildman–Crippen LogP) is 2.68. The number of benzene rings is 1. The number of para-hydroxylation sites is 1. The standard InChI is InChI=1S/C16H22N4O/c1-3-17-16-18-14-7-5-4-6-13(14)15(19-16)20-10-8-12(21-2)9-11-20/h4-7,12H,3,8-11H2,1-2H3,(H,17,18,19). The van der Waals surface area contributed by atoms with E-state index in [0.717, 1.165) is 49.2 Å². The van der Waals surface area contributed by atoms with E-state index in [1.54, 1.807) is 7.11 Å². The summed E-state index contributed by atoms with van der Waals surface area (Å²) >= 11 is 0. The van der Waals surface area contributed by atoms with Crippen molar-refractivity contribution in [3.8, 4) is 0 Å². The second-order valence-corrected chi connectivity index (χ2v) is 5.34. The summed E-state index contributed by atoms with van der Waals surface area (Å²) in [4.78, 5) is 11.7. The number of rotatable bonds is 4. The molecule has 2 aromatic rings. The molecule has 0 unspecified atom stereocenters. The van der Waals surface area contributed by atoms with Crippen molar-refractivity contribution >= 4 is 22.7 Å². The van der Waals surface area contributed by atoms with Crippen LogP contribution in [0.3, 0.4) is 0 Å². The van der Waals surface area contributed by atoms with Crippen LogP contribution in [-0.2, 0) is 4.74 Å². The molecule has 0 atom stereocenters. The second-order valence-electron chi connectivity index (χ2n) is 5.34. The molecule has 5 heteroatoms. The highest BCUT2D eigenvalue weighted by Gasteiger charge is 2.21. The van der Waals surface area contributed by atoms with Crippen LogP contribution in [0.1, 0.15) is 19.8 Å². The normalized spacial score (nSPS) is 16.4. The number of anilines is 2. The molecule has 1 N–H and O–H groups in total. The highest BCUT2D eigenvalue weighted by Crippen LogP contribution is 2.28. The second kappa shape index (κ2) is 6.26. The lowest BCUT2D eigenvalue weighted by Crippen LogP contribution is -2.37. The SMILES string of the molecule is CCNc1nc(N2CCC(OC)CC2)c2ccccc2n1. The van der Waals surface area contributed by atoms with Crippen LogP contribution in [0, 0.1) is 0 Å². The minimum absolute atomic E-state index is 0.377. The van der Waals surface area contributed by atoms with Crippen molar-refractivity contribution in [1.82, 2.24) is 9.97 Å². The van der Waals surface area contributed by atoms with Gasteiger partial charge in [0, 0.05) is 32.1 Å². The van der Waals surface area contributed by atoms with E-state index in [-0.39, 0.29) is 0 Å². The fourth-order valence-electron chi connectivity index (χ4n) is 2.84. The van der Waals surface area contributed by atoms with Gasteiger partial charge in [-0.25, -0.2) is 4.98 Å². The minimum atomic E-state index is 0.377. The van der Waals surface area contributed by atoms with Crippen molar-refractivity contribution in [1.29, 1.82) is 0 Å². The number of methoxy groups -OCH3 is 1. The molecular formula is C16H22N4O. The smallest absolute Gasteiger partial charge is 0.225 e. The van der Waals surface area contributed by atoms with Gasteiger partial charge in [-0.15, -0.1) is 0 Å². The Morgan fingerprint density at radius 3 is 2.71 bits per heavy atom. The van der Waals surface area contributed by atoms with E-state index in [1.807, 2.05) is 18.2 Å². The maximum absolute atomic E-state index is 5.45. The first-order valence-electron chi connectivity index (χ1n) is 7.60. The number of piperidine rings is 1. The molecule has 1 aromatic carbocycles. The zero-order chi connectivity index (χ0) is 14.7. The third kappa shape index (κ3) is 2.93. The predicted molar refractivity (Wildman–Crippen MR) is 85.9 cm³/mol. The topological polar surface area (TPSA) is 50.3 Å². The van der Waals surface area contributed by atoms with E-state index in [9.17, 15) is 0 Å². The molecule has 0 spiro atoms. The van der Waals surface area contributed by atoms with Crippen LogP contribution < -0.4 is 10.2 Å². The number of hydrogen-bond acceptors (Lipinski definition) is 5. The summed E-state index contributed by atoms with van der Waals surface area (Å²) in [7, 11) is 1.80. The van der Waals surface area contributed by atoms with Gasteiger partial charge in [0.2, 0.25) is 5.95 Å². The zero-order valence-corrected chi connectivity index (χ0v) is 12.7. The molecule has 21 heavy (non-hydrogen) atoms. The summed E-state index contributed by atoms with van der Waals surface area (Å²) in [5, 5.41) is 4.35. The molecule has 1 saturated heterocycles. The quantitative estimate of drug-likeness (QED) is 0.936. The van der Waals surface area contributed by atoms with Crippen LogP contribution >= 0.6 is 0 Å². The van der Waals surface area contributed by atoms with Crippen LogP contribution in [-0.4, -0.2) is 42.8 Å². The highest BCUT2D eigenvalue weighted by molar-refractivity contribution is 5.90. The molecule has 0 amide bonds. The maximum Gasteiger partial charge on any atom is 0.225 e. The Morgan fingerprint density at radius 1 is 1.24 bits per heavy atom. The van der Waals surface area contributed by atoms with Crippen LogP contribution in [0.15, 0.2) is 24.3 Å². The first kappa shape index (κ1) is 14.1. The minimum Gasteiger partial charge on any atom is -0.381 e. The first-order chi connectivity index (χ1) is 10.3. The number of aromatic nitrogens is 2. The first-order valence-corrected chi connectivity index (χ1v) is 7.60. The zero-order valence-electron chi connectivity index (χ0n) is 12.7. The van der Waals surface area contributed by atoms with Crippen LogP contribution in [0.25, 0.3) is 10.9 Å². The fourth-order valence-corrected chi connectivity index (χ4v) is 2.84. The van der Waals surface area contributed by atoms with E-state index in [4.69, 9.17) is 9.72 Å². The Labute approximate surface area is 125 Å². The molecule has 3 rings (SSSR count). The Bertz CT molecular complexity index is 608. The molecule has 2 heterocycles. The van der Waals surface area contributed by atoms with Crippen molar-refractivity contribution in [3.63, 3.8) is 0 Å². The van der Waals surface area contributed by atoms with Gasteiger partial charge < -0.3 is 15.0 Å². The van der Waals surface area contributed by atoms with Crippen molar-refractivity contribution in [3.05, 3.63) is 24.3 Å². The summed E-state index contributed by atoms with van der Waals surface area (Å²) in [6.45, 7) is 4.84. The third-order valence-electron chi connectivity index (χ3n) is 3.99. The van der Waals surface area contributed by atoms with Gasteiger partial charge in [0.25, 0.3) is 0 Å². The van der Waals surface area contributed by atoms with E-state index in [0.29, 0.717) is 12.1 Å². The number of nitrogens with one attached hydrogen (secondary N) is 1. The summed E-state index contributed by atoms with van der Waals surface area (Å²) in [6.07, 6.45) is 2.47. The summed E-state index contributed by atoms with van der Waals surface area (Å²) in [6, 6.07) is 8.21. The lowest BCUT2D eigenvalue weighted by atomic mass is 10.1. The monoisotopic (exact) mass is 286 g/mol. The van der Waals surface area contributed by atoms with Crippen molar-refractivity contribution in [2.24, 2.45) is 0 Å². The number of fused-ring (bicyclic) bond motifs is 1. The molecule has 1 fully saturated rings. The Hall–Kier alpha value is -1.88. The third-order valence-corrected chi connectivity index (χ3v) is 3.99. The number of nitrogens with zero attached hydrogens (tertiary/aromatic N) is 3. The number of ether oxygens (including phenoxy) is 1.